The van der Waals surface area contributed by atoms with Gasteiger partial charge in [0.1, 0.15) is 6.10 Å². The van der Waals surface area contributed by atoms with Crippen LogP contribution in [0.5, 0.6) is 0 Å². The Bertz CT molecular complexity index is 1220. The van der Waals surface area contributed by atoms with Crippen LogP contribution in [0.25, 0.3) is 11.1 Å². The molecule has 3 nitrogen and oxygen atoms in total. The molecule has 0 unspecified atom stereocenters. The van der Waals surface area contributed by atoms with Gasteiger partial charge in [-0.05, 0) is 46.9 Å². The van der Waals surface area contributed by atoms with Crippen molar-refractivity contribution in [3.8, 4) is 11.1 Å². The molecule has 0 heterocycles. The largest absolute Gasteiger partial charge is 0.454 e. The first-order chi connectivity index (χ1) is 17.1. The van der Waals surface area contributed by atoms with Crippen molar-refractivity contribution in [2.45, 2.75) is 32.2 Å². The fraction of sp³-hybridized carbons (Fsp3) is 0.156. The van der Waals surface area contributed by atoms with Gasteiger partial charge >= 0.3 is 5.97 Å². The summed E-state index contributed by atoms with van der Waals surface area (Å²) in [6.45, 7) is 6.73. The lowest BCUT2D eigenvalue weighted by Crippen LogP contribution is -2.17. The minimum absolute atomic E-state index is 0.176. The molecule has 0 aliphatic heterocycles. The van der Waals surface area contributed by atoms with E-state index in [2.05, 4.69) is 6.58 Å². The molecule has 0 amide bonds. The quantitative estimate of drug-likeness (QED) is 0.178. The van der Waals surface area contributed by atoms with Gasteiger partial charge in [0.05, 0.1) is 18.3 Å². The first-order valence-electron chi connectivity index (χ1n) is 11.8. The van der Waals surface area contributed by atoms with E-state index >= 15 is 0 Å². The highest BCUT2D eigenvalue weighted by Gasteiger charge is 2.21. The van der Waals surface area contributed by atoms with Crippen LogP contribution in [0.4, 0.5) is 0 Å². The molecule has 0 radical (unpaired) electrons. The summed E-state index contributed by atoms with van der Waals surface area (Å²) in [5, 5.41) is 0. The second-order valence-corrected chi connectivity index (χ2v) is 8.55. The van der Waals surface area contributed by atoms with Crippen LogP contribution in [-0.4, -0.2) is 12.1 Å². The van der Waals surface area contributed by atoms with E-state index in [0.29, 0.717) is 18.6 Å². The molecule has 0 saturated heterocycles. The van der Waals surface area contributed by atoms with Gasteiger partial charge in [-0.25, -0.2) is 4.79 Å². The van der Waals surface area contributed by atoms with Crippen molar-refractivity contribution in [2.24, 2.45) is 0 Å². The van der Waals surface area contributed by atoms with Gasteiger partial charge in [-0.1, -0.05) is 110 Å². The summed E-state index contributed by atoms with van der Waals surface area (Å²) in [5.41, 5.74) is 5.59. The molecule has 3 heteroatoms. The van der Waals surface area contributed by atoms with Crippen molar-refractivity contribution in [2.75, 3.05) is 0 Å². The van der Waals surface area contributed by atoms with Crippen LogP contribution < -0.4 is 0 Å². The zero-order valence-corrected chi connectivity index (χ0v) is 20.0. The van der Waals surface area contributed by atoms with Gasteiger partial charge in [-0.2, -0.15) is 0 Å². The van der Waals surface area contributed by atoms with Crippen LogP contribution in [-0.2, 0) is 16.1 Å². The van der Waals surface area contributed by atoms with E-state index in [9.17, 15) is 4.79 Å². The summed E-state index contributed by atoms with van der Waals surface area (Å²) in [4.78, 5) is 13.1. The second-order valence-electron chi connectivity index (χ2n) is 8.55. The number of hydrogen-bond donors (Lipinski definition) is 0. The number of carbonyl (C=O) groups excluding carboxylic acids is 1. The summed E-state index contributed by atoms with van der Waals surface area (Å²) in [5.74, 6) is -0.357. The van der Waals surface area contributed by atoms with Crippen molar-refractivity contribution in [1.29, 1.82) is 0 Å². The Hall–Kier alpha value is -3.95. The second kappa shape index (κ2) is 12.0. The third-order valence-corrected chi connectivity index (χ3v) is 6.01. The topological polar surface area (TPSA) is 35.5 Å². The highest BCUT2D eigenvalue weighted by atomic mass is 16.5. The van der Waals surface area contributed by atoms with Crippen molar-refractivity contribution < 1.29 is 14.3 Å². The Labute approximate surface area is 207 Å². The van der Waals surface area contributed by atoms with Crippen molar-refractivity contribution >= 4 is 5.97 Å². The average Bonchev–Trinajstić information content (AvgIpc) is 2.93. The Morgan fingerprint density at radius 3 is 1.91 bits per heavy atom. The highest BCUT2D eigenvalue weighted by Crippen LogP contribution is 2.28. The lowest BCUT2D eigenvalue weighted by molar-refractivity contribution is 0.0254. The standard InChI is InChI=1S/C32H30O3/c1-24(25(2)34-23-26-12-6-3-7-13-26)22-31(29-16-10-5-11-17-29)35-32(33)30-20-18-28(19-21-30)27-14-8-4-9-15-27/h3-21,25,31H,1,22-23H2,2H3/t25-,31-/m0/s1. The molecule has 0 spiro atoms. The predicted octanol–water partition coefficient (Wildman–Crippen LogP) is 7.80. The van der Waals surface area contributed by atoms with Gasteiger partial charge in [0.15, 0.2) is 0 Å². The van der Waals surface area contributed by atoms with E-state index in [1.54, 1.807) is 0 Å². The maximum absolute atomic E-state index is 13.1. The van der Waals surface area contributed by atoms with Crippen LogP contribution in [0.15, 0.2) is 127 Å². The van der Waals surface area contributed by atoms with Crippen LogP contribution in [0, 0.1) is 0 Å². The van der Waals surface area contributed by atoms with Crippen LogP contribution in [0.3, 0.4) is 0 Å². The molecule has 0 aliphatic carbocycles. The van der Waals surface area contributed by atoms with Crippen molar-refractivity contribution in [1.82, 2.24) is 0 Å². The molecule has 0 fully saturated rings. The van der Waals surface area contributed by atoms with Crippen LogP contribution >= 0.6 is 0 Å². The Kier molecular flexibility index (Phi) is 8.26. The summed E-state index contributed by atoms with van der Waals surface area (Å²) in [6.07, 6.45) is -0.147. The zero-order valence-electron chi connectivity index (χ0n) is 20.0. The Morgan fingerprint density at radius 1 is 0.743 bits per heavy atom. The number of rotatable bonds is 10. The fourth-order valence-electron chi connectivity index (χ4n) is 3.84. The maximum Gasteiger partial charge on any atom is 0.338 e. The third-order valence-electron chi connectivity index (χ3n) is 6.01. The lowest BCUT2D eigenvalue weighted by atomic mass is 9.99. The number of esters is 1. The molecule has 35 heavy (non-hydrogen) atoms. The molecular weight excluding hydrogens is 432 g/mol. The molecule has 0 N–H and O–H groups in total. The van der Waals surface area contributed by atoms with Gasteiger partial charge in [0, 0.05) is 6.42 Å². The van der Waals surface area contributed by atoms with E-state index in [-0.39, 0.29) is 12.1 Å². The average molecular weight is 463 g/mol. The first kappa shape index (κ1) is 24.2. The van der Waals surface area contributed by atoms with E-state index in [1.165, 1.54) is 0 Å². The molecular formula is C32H30O3. The summed E-state index contributed by atoms with van der Waals surface area (Å²) >= 11 is 0. The smallest absolute Gasteiger partial charge is 0.338 e. The number of ether oxygens (including phenoxy) is 2. The molecule has 4 aromatic carbocycles. The molecule has 0 aliphatic rings. The lowest BCUT2D eigenvalue weighted by Gasteiger charge is -2.23. The summed E-state index contributed by atoms with van der Waals surface area (Å²) in [6, 6.07) is 37.4. The molecule has 0 saturated carbocycles. The van der Waals surface area contributed by atoms with E-state index in [0.717, 1.165) is 27.8 Å². The number of hydrogen-bond acceptors (Lipinski definition) is 3. The molecule has 0 aromatic heterocycles. The Morgan fingerprint density at radius 2 is 1.29 bits per heavy atom. The molecule has 2 atom stereocenters. The maximum atomic E-state index is 13.1. The molecule has 4 rings (SSSR count). The highest BCUT2D eigenvalue weighted by molar-refractivity contribution is 5.90. The van der Waals surface area contributed by atoms with Crippen molar-refractivity contribution in [3.63, 3.8) is 0 Å². The number of benzene rings is 4. The molecule has 0 bridgehead atoms. The van der Waals surface area contributed by atoms with Gasteiger partial charge < -0.3 is 9.47 Å². The summed E-state index contributed by atoms with van der Waals surface area (Å²) in [7, 11) is 0. The monoisotopic (exact) mass is 462 g/mol. The van der Waals surface area contributed by atoms with Gasteiger partial charge in [-0.15, -0.1) is 0 Å². The predicted molar refractivity (Wildman–Crippen MR) is 141 cm³/mol. The van der Waals surface area contributed by atoms with E-state index in [4.69, 9.17) is 9.47 Å². The normalized spacial score (nSPS) is 12.5. The number of carbonyl (C=O) groups is 1. The summed E-state index contributed by atoms with van der Waals surface area (Å²) < 4.78 is 12.0. The van der Waals surface area contributed by atoms with Crippen LogP contribution in [0.1, 0.15) is 40.9 Å². The van der Waals surface area contributed by atoms with Gasteiger partial charge in [0.2, 0.25) is 0 Å². The minimum atomic E-state index is -0.451. The third kappa shape index (κ3) is 6.78. The van der Waals surface area contributed by atoms with Gasteiger partial charge in [-0.3, -0.25) is 0 Å². The molecule has 4 aromatic rings. The van der Waals surface area contributed by atoms with E-state index in [1.807, 2.05) is 122 Å². The van der Waals surface area contributed by atoms with E-state index < -0.39 is 6.10 Å². The van der Waals surface area contributed by atoms with Gasteiger partial charge in [0.25, 0.3) is 0 Å². The first-order valence-corrected chi connectivity index (χ1v) is 11.8. The Balaban J connectivity index is 1.43. The zero-order chi connectivity index (χ0) is 24.5. The van der Waals surface area contributed by atoms with Crippen molar-refractivity contribution in [3.05, 3.63) is 144 Å². The van der Waals surface area contributed by atoms with Crippen LogP contribution in [0.2, 0.25) is 0 Å². The fourth-order valence-corrected chi connectivity index (χ4v) is 3.84. The molecule has 176 valence electrons. The SMILES string of the molecule is C=C(C[C@H](OC(=O)c1ccc(-c2ccccc2)cc1)c1ccccc1)[C@H](C)OCc1ccccc1. The minimum Gasteiger partial charge on any atom is -0.454 e.